The Kier molecular flexibility index (Phi) is 9.87. The van der Waals surface area contributed by atoms with Gasteiger partial charge in [0.05, 0.1) is 11.8 Å². The first-order chi connectivity index (χ1) is 20.4. The molecule has 2 aliphatic carbocycles. The van der Waals surface area contributed by atoms with E-state index in [0.717, 1.165) is 34.8 Å². The van der Waals surface area contributed by atoms with Gasteiger partial charge in [-0.2, -0.15) is 0 Å². The lowest BCUT2D eigenvalue weighted by Gasteiger charge is -2.37. The van der Waals surface area contributed by atoms with Crippen LogP contribution >= 0.6 is 0 Å². The molecular formula is C34H40O9. The van der Waals surface area contributed by atoms with Crippen LogP contribution < -0.4 is 0 Å². The molecule has 2 saturated carbocycles. The first-order valence-corrected chi connectivity index (χ1v) is 14.8. The quantitative estimate of drug-likeness (QED) is 0.130. The van der Waals surface area contributed by atoms with E-state index in [1.165, 1.54) is 0 Å². The Morgan fingerprint density at radius 1 is 0.674 bits per heavy atom. The van der Waals surface area contributed by atoms with E-state index in [1.54, 1.807) is 36.4 Å². The molecule has 2 fully saturated rings. The maximum atomic E-state index is 13.3. The Morgan fingerprint density at radius 2 is 1.14 bits per heavy atom. The molecule has 43 heavy (non-hydrogen) atoms. The number of hydrogen-bond donors (Lipinski definition) is 2. The van der Waals surface area contributed by atoms with Gasteiger partial charge >= 0.3 is 11.9 Å². The van der Waals surface area contributed by atoms with Crippen LogP contribution in [0.3, 0.4) is 0 Å². The second kappa shape index (κ2) is 13.2. The predicted octanol–water partition coefficient (Wildman–Crippen LogP) is 5.32. The highest BCUT2D eigenvalue weighted by atomic mass is 17.2. The minimum absolute atomic E-state index is 0.108. The Morgan fingerprint density at radius 3 is 1.60 bits per heavy atom. The van der Waals surface area contributed by atoms with Crippen molar-refractivity contribution in [1.82, 2.24) is 0 Å². The van der Waals surface area contributed by atoms with Crippen LogP contribution in [0.25, 0.3) is 0 Å². The third-order valence-electron chi connectivity index (χ3n) is 9.07. The van der Waals surface area contributed by atoms with E-state index in [0.29, 0.717) is 36.8 Å². The van der Waals surface area contributed by atoms with Gasteiger partial charge in [0.25, 0.3) is 0 Å². The first kappa shape index (κ1) is 32.1. The lowest BCUT2D eigenvalue weighted by atomic mass is 9.71. The molecule has 0 amide bonds. The van der Waals surface area contributed by atoms with Gasteiger partial charge in [-0.3, -0.25) is 24.2 Å². The summed E-state index contributed by atoms with van der Waals surface area (Å²) in [4.78, 5) is 62.1. The normalized spacial score (nSPS) is 25.6. The molecule has 0 spiro atoms. The average Bonchev–Trinajstić information content (AvgIpc) is 2.99. The minimum atomic E-state index is -1.94. The molecule has 9 nitrogen and oxygen atoms in total. The van der Waals surface area contributed by atoms with Gasteiger partial charge in [-0.05, 0) is 87.8 Å². The molecule has 4 unspecified atom stereocenters. The summed E-state index contributed by atoms with van der Waals surface area (Å²) >= 11 is 0. The van der Waals surface area contributed by atoms with Crippen molar-refractivity contribution in [3.05, 3.63) is 82.3 Å². The number of carbonyl (C=O) groups is 4. The molecule has 0 aliphatic heterocycles. The number of esters is 1. The van der Waals surface area contributed by atoms with Gasteiger partial charge in [-0.1, -0.05) is 49.9 Å². The molecule has 230 valence electrons. The highest BCUT2D eigenvalue weighted by Gasteiger charge is 2.51. The molecule has 2 aromatic rings. The van der Waals surface area contributed by atoms with Crippen molar-refractivity contribution in [1.29, 1.82) is 0 Å². The SMILES string of the molecule is Cc1ccc(C(=O)C2(O)CCCCC2C(=O)O/C=C\OOC(=O)C2CCCCC2(O)C(=O)c2ccc(C)c(C)c2)cc1C. The van der Waals surface area contributed by atoms with Gasteiger partial charge in [0.1, 0.15) is 17.5 Å². The van der Waals surface area contributed by atoms with Crippen LogP contribution in [0.1, 0.15) is 94.3 Å². The molecule has 2 N–H and O–H groups in total. The molecule has 2 aliphatic rings. The van der Waals surface area contributed by atoms with Crippen LogP contribution in [0, 0.1) is 39.5 Å². The van der Waals surface area contributed by atoms with Crippen LogP contribution in [-0.4, -0.2) is 44.9 Å². The van der Waals surface area contributed by atoms with Gasteiger partial charge in [0.15, 0.2) is 17.8 Å². The molecule has 0 aromatic heterocycles. The zero-order chi connectivity index (χ0) is 31.4. The number of Topliss-reactive ketones (excluding diaryl/α,β-unsaturated/α-hetero) is 2. The van der Waals surface area contributed by atoms with E-state index < -0.39 is 46.5 Å². The number of benzene rings is 2. The Hall–Kier alpha value is -3.82. The molecule has 0 bridgehead atoms. The van der Waals surface area contributed by atoms with Gasteiger partial charge in [-0.15, -0.1) is 0 Å². The molecular weight excluding hydrogens is 552 g/mol. The number of ether oxygens (including phenoxy) is 1. The van der Waals surface area contributed by atoms with Gasteiger partial charge in [0.2, 0.25) is 0 Å². The first-order valence-electron chi connectivity index (χ1n) is 14.8. The predicted molar refractivity (Wildman–Crippen MR) is 157 cm³/mol. The van der Waals surface area contributed by atoms with Crippen LogP contribution in [0.4, 0.5) is 0 Å². The zero-order valence-electron chi connectivity index (χ0n) is 25.2. The van der Waals surface area contributed by atoms with E-state index in [1.807, 2.05) is 27.7 Å². The average molecular weight is 593 g/mol. The summed E-state index contributed by atoms with van der Waals surface area (Å²) in [6.07, 6.45) is 4.87. The fraction of sp³-hybridized carbons (Fsp3) is 0.471. The fourth-order valence-corrected chi connectivity index (χ4v) is 6.08. The lowest BCUT2D eigenvalue weighted by Crippen LogP contribution is -2.51. The van der Waals surface area contributed by atoms with E-state index in [-0.39, 0.29) is 25.7 Å². The molecule has 0 heterocycles. The summed E-state index contributed by atoms with van der Waals surface area (Å²) in [6.45, 7) is 7.58. The number of carbonyl (C=O) groups excluding carboxylic acids is 4. The largest absolute Gasteiger partial charge is 0.431 e. The third kappa shape index (κ3) is 6.73. The van der Waals surface area contributed by atoms with Gasteiger partial charge in [-0.25, -0.2) is 4.79 Å². The fourth-order valence-electron chi connectivity index (χ4n) is 6.08. The standard InChI is InChI=1S/C34H40O9/c1-21-11-13-25(19-23(21)3)29(35)33(39)15-7-5-9-27(33)31(37)41-17-18-42-43-32(38)28-10-6-8-16-34(28,40)30(36)26-14-12-22(2)24(4)20-26/h11-14,17-20,27-28,39-40H,5-10,15-16H2,1-4H3/b18-17-. The van der Waals surface area contributed by atoms with Crippen LogP contribution in [-0.2, 0) is 24.1 Å². The molecule has 4 rings (SSSR count). The highest BCUT2D eigenvalue weighted by molar-refractivity contribution is 6.05. The van der Waals surface area contributed by atoms with Crippen molar-refractivity contribution < 1.29 is 43.9 Å². The summed E-state index contributed by atoms with van der Waals surface area (Å²) in [6, 6.07) is 10.3. The van der Waals surface area contributed by atoms with Gasteiger partial charge < -0.3 is 14.9 Å². The van der Waals surface area contributed by atoms with Crippen molar-refractivity contribution in [2.24, 2.45) is 11.8 Å². The summed E-state index contributed by atoms with van der Waals surface area (Å²) in [5.41, 5.74) is 0.608. The highest BCUT2D eigenvalue weighted by Crippen LogP contribution is 2.39. The van der Waals surface area contributed by atoms with E-state index in [9.17, 15) is 29.4 Å². The Balaban J connectivity index is 1.36. The van der Waals surface area contributed by atoms with Crippen LogP contribution in [0.15, 0.2) is 48.9 Å². The van der Waals surface area contributed by atoms with E-state index in [2.05, 4.69) is 0 Å². The smallest absolute Gasteiger partial charge is 0.361 e. The summed E-state index contributed by atoms with van der Waals surface area (Å²) in [7, 11) is 0. The number of aryl methyl sites for hydroxylation is 4. The molecule has 4 atom stereocenters. The second-order valence-corrected chi connectivity index (χ2v) is 11.9. The van der Waals surface area contributed by atoms with Gasteiger partial charge in [0, 0.05) is 11.1 Å². The molecule has 0 radical (unpaired) electrons. The van der Waals surface area contributed by atoms with Crippen molar-refractivity contribution in [3.8, 4) is 0 Å². The third-order valence-corrected chi connectivity index (χ3v) is 9.07. The Labute approximate surface area is 251 Å². The minimum Gasteiger partial charge on any atom is -0.431 e. The van der Waals surface area contributed by atoms with Crippen molar-refractivity contribution in [2.75, 3.05) is 0 Å². The van der Waals surface area contributed by atoms with Crippen LogP contribution in [0.2, 0.25) is 0 Å². The zero-order valence-corrected chi connectivity index (χ0v) is 25.2. The summed E-state index contributed by atoms with van der Waals surface area (Å²) in [5, 5.41) is 22.7. The number of rotatable bonds is 9. The maximum absolute atomic E-state index is 13.3. The second-order valence-electron chi connectivity index (χ2n) is 11.9. The topological polar surface area (TPSA) is 136 Å². The Bertz CT molecular complexity index is 1430. The number of ketones is 2. The van der Waals surface area contributed by atoms with E-state index >= 15 is 0 Å². The summed E-state index contributed by atoms with van der Waals surface area (Å²) in [5.74, 6) is -5.03. The maximum Gasteiger partial charge on any atom is 0.361 e. The van der Waals surface area contributed by atoms with Crippen molar-refractivity contribution in [3.63, 3.8) is 0 Å². The number of aliphatic hydroxyl groups is 2. The van der Waals surface area contributed by atoms with Crippen LogP contribution in [0.5, 0.6) is 0 Å². The van der Waals surface area contributed by atoms with Crippen molar-refractivity contribution >= 4 is 23.5 Å². The van der Waals surface area contributed by atoms with Crippen molar-refractivity contribution in [2.45, 2.75) is 90.3 Å². The molecule has 9 heteroatoms. The van der Waals surface area contributed by atoms with E-state index in [4.69, 9.17) is 14.5 Å². The lowest BCUT2D eigenvalue weighted by molar-refractivity contribution is -0.249. The molecule has 0 saturated heterocycles. The molecule has 2 aromatic carbocycles. The monoisotopic (exact) mass is 592 g/mol. The summed E-state index contributed by atoms with van der Waals surface area (Å²) < 4.78 is 5.14. The number of hydrogen-bond acceptors (Lipinski definition) is 9.